The molecule has 4 rings (SSSR count). The minimum Gasteiger partial charge on any atom is -0.493 e. The van der Waals surface area contributed by atoms with Gasteiger partial charge in [0.25, 0.3) is 10.0 Å². The van der Waals surface area contributed by atoms with Crippen LogP contribution in [0.5, 0.6) is 5.75 Å². The van der Waals surface area contributed by atoms with Crippen molar-refractivity contribution in [3.63, 3.8) is 0 Å². The fraction of sp³-hybridized carbons (Fsp3) is 0.455. The van der Waals surface area contributed by atoms with Crippen LogP contribution < -0.4 is 9.04 Å². The Labute approximate surface area is 192 Å². The molecule has 0 radical (unpaired) electrons. The van der Waals surface area contributed by atoms with Crippen molar-refractivity contribution in [2.45, 2.75) is 35.5 Å². The van der Waals surface area contributed by atoms with Crippen molar-refractivity contribution >= 4 is 43.4 Å². The molecule has 162 valence electrons. The number of nitrogens with zero attached hydrogens (tertiary/aromatic N) is 2. The van der Waals surface area contributed by atoms with Crippen molar-refractivity contribution in [1.82, 2.24) is 4.90 Å². The van der Waals surface area contributed by atoms with Crippen LogP contribution in [0.2, 0.25) is 0 Å². The highest BCUT2D eigenvalue weighted by Gasteiger charge is 2.31. The van der Waals surface area contributed by atoms with Gasteiger partial charge in [-0.25, -0.2) is 8.42 Å². The highest BCUT2D eigenvalue weighted by molar-refractivity contribution is 9.10. The molecule has 5 nitrogen and oxygen atoms in total. The molecule has 2 heterocycles. The Bertz CT molecular complexity index is 978. The number of hydrogen-bond donors (Lipinski definition) is 0. The summed E-state index contributed by atoms with van der Waals surface area (Å²) in [7, 11) is -3.65. The van der Waals surface area contributed by atoms with E-state index < -0.39 is 10.0 Å². The van der Waals surface area contributed by atoms with Gasteiger partial charge < -0.3 is 9.64 Å². The van der Waals surface area contributed by atoms with E-state index in [1.165, 1.54) is 36.7 Å². The fourth-order valence-electron chi connectivity index (χ4n) is 3.95. The third-order valence-corrected chi connectivity index (χ3v) is 9.36. The van der Waals surface area contributed by atoms with Crippen LogP contribution >= 0.6 is 27.7 Å². The fourth-order valence-corrected chi connectivity index (χ4v) is 7.54. The Morgan fingerprint density at radius 3 is 2.63 bits per heavy atom. The van der Waals surface area contributed by atoms with Crippen molar-refractivity contribution in [1.29, 1.82) is 0 Å². The van der Waals surface area contributed by atoms with Gasteiger partial charge in [0.1, 0.15) is 10.6 Å². The number of fused-ring (bicyclic) bond motifs is 1. The number of hydrogen-bond acceptors (Lipinski definition) is 5. The van der Waals surface area contributed by atoms with E-state index >= 15 is 0 Å². The molecule has 0 atom stereocenters. The number of ether oxygens (including phenoxy) is 1. The SMILES string of the molecule is O=S(=O)(c1ccccc1Br)N1CCSc2ccc(OCCCN3CCCCC3)cc21. The second kappa shape index (κ2) is 9.94. The monoisotopic (exact) mass is 510 g/mol. The topological polar surface area (TPSA) is 49.9 Å². The number of thioether (sulfide) groups is 1. The number of piperidine rings is 1. The Hall–Kier alpha value is -1.22. The average Bonchev–Trinajstić information content (AvgIpc) is 2.77. The van der Waals surface area contributed by atoms with Crippen LogP contribution in [0.15, 0.2) is 56.7 Å². The van der Waals surface area contributed by atoms with Crippen LogP contribution in [0.1, 0.15) is 25.7 Å². The zero-order chi connectivity index (χ0) is 21.0. The molecule has 1 saturated heterocycles. The predicted octanol–water partition coefficient (Wildman–Crippen LogP) is 5.00. The van der Waals surface area contributed by atoms with Crippen LogP contribution in [0.4, 0.5) is 5.69 Å². The lowest BCUT2D eigenvalue weighted by molar-refractivity contribution is 0.205. The van der Waals surface area contributed by atoms with Gasteiger partial charge in [0.15, 0.2) is 0 Å². The molecule has 0 aliphatic carbocycles. The van der Waals surface area contributed by atoms with Crippen LogP contribution in [0.3, 0.4) is 0 Å². The normalized spacial score (nSPS) is 17.6. The Balaban J connectivity index is 1.47. The molecule has 0 aromatic heterocycles. The second-order valence-electron chi connectivity index (χ2n) is 7.59. The third-order valence-electron chi connectivity index (χ3n) is 5.49. The van der Waals surface area contributed by atoms with Gasteiger partial charge in [-0.05, 0) is 72.5 Å². The molecule has 2 aliphatic rings. The van der Waals surface area contributed by atoms with Gasteiger partial charge >= 0.3 is 0 Å². The zero-order valence-electron chi connectivity index (χ0n) is 16.9. The molecule has 0 spiro atoms. The molecule has 2 aromatic carbocycles. The van der Waals surface area contributed by atoms with E-state index in [0.29, 0.717) is 23.3 Å². The second-order valence-corrected chi connectivity index (χ2v) is 11.4. The first kappa shape index (κ1) is 22.0. The van der Waals surface area contributed by atoms with Gasteiger partial charge in [-0.1, -0.05) is 18.6 Å². The highest BCUT2D eigenvalue weighted by atomic mass is 79.9. The summed E-state index contributed by atoms with van der Waals surface area (Å²) in [4.78, 5) is 3.76. The number of likely N-dealkylation sites (tertiary alicyclic amines) is 1. The summed E-state index contributed by atoms with van der Waals surface area (Å²) in [5.41, 5.74) is 0.704. The largest absolute Gasteiger partial charge is 0.493 e. The van der Waals surface area contributed by atoms with Gasteiger partial charge in [-0.3, -0.25) is 4.31 Å². The lowest BCUT2D eigenvalue weighted by Crippen LogP contribution is -2.35. The van der Waals surface area contributed by atoms with Crippen molar-refractivity contribution in [3.8, 4) is 5.75 Å². The Morgan fingerprint density at radius 2 is 1.83 bits per heavy atom. The van der Waals surface area contributed by atoms with Gasteiger partial charge in [0.2, 0.25) is 0 Å². The summed E-state index contributed by atoms with van der Waals surface area (Å²) in [6, 6.07) is 12.8. The molecule has 0 saturated carbocycles. The smallest absolute Gasteiger partial charge is 0.265 e. The minimum atomic E-state index is -3.65. The van der Waals surface area contributed by atoms with Crippen LogP contribution in [0, 0.1) is 0 Å². The summed E-state index contributed by atoms with van der Waals surface area (Å²) in [5.74, 6) is 1.45. The summed E-state index contributed by atoms with van der Waals surface area (Å²) in [5, 5.41) is 0. The Kier molecular flexibility index (Phi) is 7.28. The van der Waals surface area contributed by atoms with Gasteiger partial charge in [0, 0.05) is 34.3 Å². The maximum atomic E-state index is 13.4. The lowest BCUT2D eigenvalue weighted by Gasteiger charge is -2.30. The van der Waals surface area contributed by atoms with E-state index in [9.17, 15) is 8.42 Å². The molecule has 0 amide bonds. The maximum Gasteiger partial charge on any atom is 0.265 e. The van der Waals surface area contributed by atoms with Crippen molar-refractivity contribution in [3.05, 3.63) is 46.9 Å². The third kappa shape index (κ3) is 4.98. The Morgan fingerprint density at radius 1 is 1.03 bits per heavy atom. The summed E-state index contributed by atoms with van der Waals surface area (Å²) in [6.07, 6.45) is 4.92. The number of benzene rings is 2. The van der Waals surface area contributed by atoms with Crippen LogP contribution in [0.25, 0.3) is 0 Å². The van der Waals surface area contributed by atoms with E-state index in [1.807, 2.05) is 24.3 Å². The summed E-state index contributed by atoms with van der Waals surface area (Å²) >= 11 is 5.07. The highest BCUT2D eigenvalue weighted by Crippen LogP contribution is 2.40. The predicted molar refractivity (Wildman–Crippen MR) is 126 cm³/mol. The first-order valence-electron chi connectivity index (χ1n) is 10.4. The molecule has 1 fully saturated rings. The molecule has 0 unspecified atom stereocenters. The average molecular weight is 512 g/mol. The molecule has 0 bridgehead atoms. The number of sulfonamides is 1. The number of halogens is 1. The number of anilines is 1. The summed E-state index contributed by atoms with van der Waals surface area (Å²) in [6.45, 7) is 4.53. The molecule has 30 heavy (non-hydrogen) atoms. The van der Waals surface area contributed by atoms with Gasteiger partial charge in [0.05, 0.1) is 12.3 Å². The zero-order valence-corrected chi connectivity index (χ0v) is 20.1. The quantitative estimate of drug-likeness (QED) is 0.490. The standard InChI is InChI=1S/C22H27BrN2O3S2/c23-19-7-2-3-8-22(19)30(26,27)25-14-16-29-21-10-9-18(17-20(21)25)28-15-6-13-24-11-4-1-5-12-24/h2-3,7-10,17H,1,4-6,11-16H2. The van der Waals surface area contributed by atoms with E-state index in [2.05, 4.69) is 20.8 Å². The van der Waals surface area contributed by atoms with E-state index in [-0.39, 0.29) is 4.90 Å². The maximum absolute atomic E-state index is 13.4. The van der Waals surface area contributed by atoms with Crippen molar-refractivity contribution < 1.29 is 13.2 Å². The van der Waals surface area contributed by atoms with Crippen molar-refractivity contribution in [2.24, 2.45) is 0 Å². The minimum absolute atomic E-state index is 0.288. The molecular formula is C22H27BrN2O3S2. The molecule has 2 aromatic rings. The first-order valence-corrected chi connectivity index (χ1v) is 13.7. The first-order chi connectivity index (χ1) is 14.6. The van der Waals surface area contributed by atoms with Gasteiger partial charge in [-0.15, -0.1) is 11.8 Å². The van der Waals surface area contributed by atoms with Crippen molar-refractivity contribution in [2.75, 3.05) is 42.8 Å². The van der Waals surface area contributed by atoms with Crippen LogP contribution in [-0.4, -0.2) is 51.9 Å². The van der Waals surface area contributed by atoms with E-state index in [4.69, 9.17) is 4.74 Å². The van der Waals surface area contributed by atoms with E-state index in [1.54, 1.807) is 30.0 Å². The van der Waals surface area contributed by atoms with E-state index in [0.717, 1.165) is 29.4 Å². The molecule has 0 N–H and O–H groups in total. The van der Waals surface area contributed by atoms with Gasteiger partial charge in [-0.2, -0.15) is 0 Å². The summed E-state index contributed by atoms with van der Waals surface area (Å²) < 4.78 is 34.8. The molecule has 2 aliphatic heterocycles. The number of rotatable bonds is 7. The lowest BCUT2D eigenvalue weighted by atomic mass is 10.1. The molecule has 8 heteroatoms. The van der Waals surface area contributed by atoms with Crippen LogP contribution in [-0.2, 0) is 10.0 Å². The molecular weight excluding hydrogens is 484 g/mol.